The SMILES string of the molecule is CCC(C)c1ccc(S(=O)(=O)N2CCN(CCOC)CC2)cc1. The molecule has 1 unspecified atom stereocenters. The van der Waals surface area contributed by atoms with Gasteiger partial charge in [0.2, 0.25) is 10.0 Å². The van der Waals surface area contributed by atoms with Crippen LogP contribution in [0.25, 0.3) is 0 Å². The molecule has 0 aromatic heterocycles. The molecule has 0 aliphatic carbocycles. The number of benzene rings is 1. The Balaban J connectivity index is 2.02. The summed E-state index contributed by atoms with van der Waals surface area (Å²) in [5, 5.41) is 0. The molecule has 1 aromatic rings. The summed E-state index contributed by atoms with van der Waals surface area (Å²) in [4.78, 5) is 2.64. The molecule has 1 atom stereocenters. The lowest BCUT2D eigenvalue weighted by atomic mass is 9.99. The van der Waals surface area contributed by atoms with E-state index in [1.165, 1.54) is 5.56 Å². The van der Waals surface area contributed by atoms with E-state index in [4.69, 9.17) is 4.74 Å². The van der Waals surface area contributed by atoms with Gasteiger partial charge in [-0.2, -0.15) is 4.31 Å². The third kappa shape index (κ3) is 4.53. The van der Waals surface area contributed by atoms with E-state index in [0.29, 0.717) is 30.5 Å². The number of ether oxygens (including phenoxy) is 1. The van der Waals surface area contributed by atoms with Crippen LogP contribution >= 0.6 is 0 Å². The Hall–Kier alpha value is -0.950. The summed E-state index contributed by atoms with van der Waals surface area (Å²) in [5.74, 6) is 0.455. The van der Waals surface area contributed by atoms with Crippen LogP contribution in [0.4, 0.5) is 0 Å². The molecule has 1 aliphatic rings. The highest BCUT2D eigenvalue weighted by molar-refractivity contribution is 7.89. The summed E-state index contributed by atoms with van der Waals surface area (Å²) in [5.41, 5.74) is 1.19. The molecule has 1 heterocycles. The minimum absolute atomic E-state index is 0.398. The lowest BCUT2D eigenvalue weighted by Gasteiger charge is -2.33. The van der Waals surface area contributed by atoms with E-state index in [2.05, 4.69) is 18.7 Å². The number of hydrogen-bond acceptors (Lipinski definition) is 4. The van der Waals surface area contributed by atoms with Crippen LogP contribution in [0.2, 0.25) is 0 Å². The third-order valence-corrected chi connectivity index (χ3v) is 6.56. The molecule has 0 amide bonds. The smallest absolute Gasteiger partial charge is 0.243 e. The molecule has 5 nitrogen and oxygen atoms in total. The maximum absolute atomic E-state index is 12.7. The average molecular weight is 340 g/mol. The molecule has 1 fully saturated rings. The van der Waals surface area contributed by atoms with E-state index in [1.807, 2.05) is 12.1 Å². The molecular formula is C17H28N2O3S. The predicted molar refractivity (Wildman–Crippen MR) is 92.2 cm³/mol. The number of sulfonamides is 1. The highest BCUT2D eigenvalue weighted by Gasteiger charge is 2.28. The molecule has 1 aromatic carbocycles. The first-order valence-electron chi connectivity index (χ1n) is 8.30. The van der Waals surface area contributed by atoms with Crippen LogP contribution < -0.4 is 0 Å². The van der Waals surface area contributed by atoms with Crippen LogP contribution in [0.5, 0.6) is 0 Å². The lowest BCUT2D eigenvalue weighted by molar-refractivity contribution is 0.123. The van der Waals surface area contributed by atoms with E-state index in [9.17, 15) is 8.42 Å². The Bertz CT molecular complexity index is 578. The highest BCUT2D eigenvalue weighted by atomic mass is 32.2. The molecular weight excluding hydrogens is 312 g/mol. The second-order valence-electron chi connectivity index (χ2n) is 6.12. The van der Waals surface area contributed by atoms with Crippen molar-refractivity contribution in [1.82, 2.24) is 9.21 Å². The Morgan fingerprint density at radius 2 is 1.74 bits per heavy atom. The second kappa shape index (κ2) is 8.24. The quantitative estimate of drug-likeness (QED) is 0.763. The van der Waals surface area contributed by atoms with Crippen LogP contribution in [0.3, 0.4) is 0 Å². The van der Waals surface area contributed by atoms with Crippen molar-refractivity contribution >= 4 is 10.0 Å². The first kappa shape index (κ1) is 18.4. The summed E-state index contributed by atoms with van der Waals surface area (Å²) in [7, 11) is -1.70. The zero-order valence-corrected chi connectivity index (χ0v) is 15.2. The van der Waals surface area contributed by atoms with E-state index in [-0.39, 0.29) is 0 Å². The van der Waals surface area contributed by atoms with Gasteiger partial charge >= 0.3 is 0 Å². The van der Waals surface area contributed by atoms with E-state index < -0.39 is 10.0 Å². The van der Waals surface area contributed by atoms with Crippen molar-refractivity contribution in [3.8, 4) is 0 Å². The first-order valence-corrected chi connectivity index (χ1v) is 9.74. The number of hydrogen-bond donors (Lipinski definition) is 0. The largest absolute Gasteiger partial charge is 0.383 e. The molecule has 23 heavy (non-hydrogen) atoms. The molecule has 6 heteroatoms. The van der Waals surface area contributed by atoms with Crippen molar-refractivity contribution in [3.05, 3.63) is 29.8 Å². The molecule has 0 radical (unpaired) electrons. The summed E-state index contributed by atoms with van der Waals surface area (Å²) >= 11 is 0. The van der Waals surface area contributed by atoms with Gasteiger partial charge < -0.3 is 4.74 Å². The maximum atomic E-state index is 12.7. The van der Waals surface area contributed by atoms with Crippen molar-refractivity contribution in [2.24, 2.45) is 0 Å². The molecule has 0 bridgehead atoms. The van der Waals surface area contributed by atoms with Crippen molar-refractivity contribution < 1.29 is 13.2 Å². The lowest BCUT2D eigenvalue weighted by Crippen LogP contribution is -2.49. The molecule has 0 saturated carbocycles. The topological polar surface area (TPSA) is 49.9 Å². The molecule has 130 valence electrons. The molecule has 1 saturated heterocycles. The van der Waals surface area contributed by atoms with Crippen molar-refractivity contribution in [1.29, 1.82) is 0 Å². The summed E-state index contributed by atoms with van der Waals surface area (Å²) in [6, 6.07) is 7.37. The van der Waals surface area contributed by atoms with Crippen LogP contribution in [-0.4, -0.2) is 64.1 Å². The van der Waals surface area contributed by atoms with Crippen molar-refractivity contribution in [2.75, 3.05) is 46.4 Å². The Morgan fingerprint density at radius 3 is 2.26 bits per heavy atom. The van der Waals surface area contributed by atoms with Gasteiger partial charge in [0.05, 0.1) is 11.5 Å². The normalized spacial score (nSPS) is 18.9. The summed E-state index contributed by atoms with van der Waals surface area (Å²) in [6.07, 6.45) is 1.05. The van der Waals surface area contributed by atoms with Gasteiger partial charge in [-0.1, -0.05) is 26.0 Å². The van der Waals surface area contributed by atoms with Crippen LogP contribution in [-0.2, 0) is 14.8 Å². The number of piperazine rings is 1. The van der Waals surface area contributed by atoms with Gasteiger partial charge in [0, 0.05) is 39.8 Å². The third-order valence-electron chi connectivity index (χ3n) is 4.64. The second-order valence-corrected chi connectivity index (χ2v) is 8.05. The van der Waals surface area contributed by atoms with Crippen molar-refractivity contribution in [3.63, 3.8) is 0 Å². The standard InChI is InChI=1S/C17H28N2O3S/c1-4-15(2)16-5-7-17(8-6-16)23(20,21)19-11-9-18(10-12-19)13-14-22-3/h5-8,15H,4,9-14H2,1-3H3. The van der Waals surface area contributed by atoms with E-state index in [1.54, 1.807) is 23.5 Å². The van der Waals surface area contributed by atoms with Gasteiger partial charge in [-0.3, -0.25) is 4.90 Å². The van der Waals surface area contributed by atoms with Crippen LogP contribution in [0, 0.1) is 0 Å². The van der Waals surface area contributed by atoms with Gasteiger partial charge in [-0.25, -0.2) is 8.42 Å². The van der Waals surface area contributed by atoms with E-state index in [0.717, 1.165) is 26.1 Å². The van der Waals surface area contributed by atoms with Gasteiger partial charge in [0.25, 0.3) is 0 Å². The summed E-state index contributed by atoms with van der Waals surface area (Å²) < 4.78 is 32.1. The minimum atomic E-state index is -3.38. The van der Waals surface area contributed by atoms with Crippen molar-refractivity contribution in [2.45, 2.75) is 31.1 Å². The minimum Gasteiger partial charge on any atom is -0.383 e. The molecule has 2 rings (SSSR count). The Morgan fingerprint density at radius 1 is 1.13 bits per heavy atom. The monoisotopic (exact) mass is 340 g/mol. The van der Waals surface area contributed by atoms with Gasteiger partial charge in [-0.05, 0) is 30.0 Å². The highest BCUT2D eigenvalue weighted by Crippen LogP contribution is 2.23. The molecule has 0 spiro atoms. The van der Waals surface area contributed by atoms with Gasteiger partial charge in [0.15, 0.2) is 0 Å². The Kier molecular flexibility index (Phi) is 6.59. The summed E-state index contributed by atoms with van der Waals surface area (Å²) in [6.45, 7) is 8.43. The maximum Gasteiger partial charge on any atom is 0.243 e. The fourth-order valence-electron chi connectivity index (χ4n) is 2.77. The predicted octanol–water partition coefficient (Wildman–Crippen LogP) is 2.15. The fraction of sp³-hybridized carbons (Fsp3) is 0.647. The fourth-order valence-corrected chi connectivity index (χ4v) is 4.19. The Labute approximate surface area is 140 Å². The number of methoxy groups -OCH3 is 1. The first-order chi connectivity index (χ1) is 11.0. The van der Waals surface area contributed by atoms with E-state index >= 15 is 0 Å². The molecule has 1 aliphatic heterocycles. The van der Waals surface area contributed by atoms with Crippen LogP contribution in [0.1, 0.15) is 31.7 Å². The zero-order valence-electron chi connectivity index (χ0n) is 14.4. The zero-order chi connectivity index (χ0) is 16.9. The average Bonchev–Trinajstić information content (AvgIpc) is 2.59. The molecule has 0 N–H and O–H groups in total. The van der Waals surface area contributed by atoms with Crippen LogP contribution in [0.15, 0.2) is 29.2 Å². The van der Waals surface area contributed by atoms with Gasteiger partial charge in [-0.15, -0.1) is 0 Å². The number of nitrogens with zero attached hydrogens (tertiary/aromatic N) is 2. The number of rotatable bonds is 7. The van der Waals surface area contributed by atoms with Gasteiger partial charge in [0.1, 0.15) is 0 Å².